The summed E-state index contributed by atoms with van der Waals surface area (Å²) in [6, 6.07) is 0.534. The van der Waals surface area contributed by atoms with Crippen LogP contribution in [0.2, 0.25) is 0 Å². The first-order valence-electron chi connectivity index (χ1n) is 12.6. The molecule has 0 radical (unpaired) electrons. The molecule has 6 atom stereocenters. The number of aliphatic hydroxyl groups is 1. The summed E-state index contributed by atoms with van der Waals surface area (Å²) in [6.45, 7) is 4.38. The molecule has 0 saturated carbocycles. The fourth-order valence-electron chi connectivity index (χ4n) is 7.61. The lowest BCUT2D eigenvalue weighted by atomic mass is 9.55. The van der Waals surface area contributed by atoms with Gasteiger partial charge in [-0.3, -0.25) is 4.90 Å². The average molecular weight is 426 g/mol. The van der Waals surface area contributed by atoms with Crippen molar-refractivity contribution in [3.63, 3.8) is 0 Å². The van der Waals surface area contributed by atoms with Crippen molar-refractivity contribution in [1.82, 2.24) is 9.80 Å². The molecule has 4 heterocycles. The van der Waals surface area contributed by atoms with Gasteiger partial charge in [0.2, 0.25) is 0 Å². The largest absolute Gasteiger partial charge is 0.411 e. The Bertz CT molecular complexity index is 775. The molecule has 0 aromatic carbocycles. The molecule has 3 bridgehead atoms. The molecule has 5 heteroatoms. The van der Waals surface area contributed by atoms with Gasteiger partial charge in [-0.2, -0.15) is 0 Å². The van der Waals surface area contributed by atoms with E-state index in [2.05, 4.69) is 45.3 Å². The van der Waals surface area contributed by atoms with Crippen molar-refractivity contribution in [2.75, 3.05) is 26.2 Å². The third-order valence-electron chi connectivity index (χ3n) is 8.71. The maximum Gasteiger partial charge on any atom is 0.0997 e. The highest BCUT2D eigenvalue weighted by atomic mass is 16.4. The summed E-state index contributed by atoms with van der Waals surface area (Å²) in [5, 5.41) is 25.2. The van der Waals surface area contributed by atoms with E-state index in [4.69, 9.17) is 0 Å². The molecule has 1 spiro atoms. The topological polar surface area (TPSA) is 59.3 Å². The molecule has 6 unspecified atom stereocenters. The predicted octanol–water partition coefficient (Wildman–Crippen LogP) is 4.13. The van der Waals surface area contributed by atoms with Gasteiger partial charge in [-0.05, 0) is 101 Å². The molecule has 2 fully saturated rings. The third-order valence-corrected chi connectivity index (χ3v) is 8.71. The lowest BCUT2D eigenvalue weighted by Gasteiger charge is -2.57. The maximum absolute atomic E-state index is 12.3. The Labute approximate surface area is 187 Å². The van der Waals surface area contributed by atoms with E-state index in [-0.39, 0.29) is 11.5 Å². The van der Waals surface area contributed by atoms with Crippen LogP contribution in [0.25, 0.3) is 0 Å². The van der Waals surface area contributed by atoms with Gasteiger partial charge in [-0.25, -0.2) is 0 Å². The number of rotatable bonds is 1. The quantitative estimate of drug-likeness (QED) is 0.287. The number of piperidine rings is 1. The lowest BCUT2D eigenvalue weighted by Crippen LogP contribution is -2.66. The maximum atomic E-state index is 12.3. The molecule has 5 aliphatic rings. The summed E-state index contributed by atoms with van der Waals surface area (Å²) in [5.74, 6) is 0.354. The van der Waals surface area contributed by atoms with E-state index in [0.29, 0.717) is 12.0 Å². The Hall–Kier alpha value is -1.43. The van der Waals surface area contributed by atoms with Crippen LogP contribution in [0.4, 0.5) is 0 Å². The number of nitrogens with zero attached hydrogens (tertiary/aromatic N) is 3. The Morgan fingerprint density at radius 1 is 1.00 bits per heavy atom. The second-order valence-corrected chi connectivity index (χ2v) is 10.6. The van der Waals surface area contributed by atoms with Crippen molar-refractivity contribution in [3.8, 4) is 0 Å². The van der Waals surface area contributed by atoms with E-state index >= 15 is 0 Å². The number of hydrogen-bond donors (Lipinski definition) is 2. The van der Waals surface area contributed by atoms with E-state index in [1.54, 1.807) is 6.21 Å². The third kappa shape index (κ3) is 3.83. The molecule has 5 nitrogen and oxygen atoms in total. The van der Waals surface area contributed by atoms with Gasteiger partial charge in [-0.1, -0.05) is 29.5 Å². The molecule has 2 N–H and O–H groups in total. The fraction of sp³-hybridized carbons (Fsp3) is 0.731. The minimum Gasteiger partial charge on any atom is -0.411 e. The molecule has 5 rings (SSSR count). The van der Waals surface area contributed by atoms with Crippen LogP contribution in [0, 0.1) is 11.3 Å². The van der Waals surface area contributed by atoms with E-state index in [9.17, 15) is 10.3 Å². The monoisotopic (exact) mass is 425 g/mol. The van der Waals surface area contributed by atoms with Gasteiger partial charge in [0.05, 0.1) is 17.9 Å². The number of allylic oxidation sites excluding steroid dienone is 4. The highest BCUT2D eigenvalue weighted by Gasteiger charge is 2.65. The first-order chi connectivity index (χ1) is 15.2. The lowest BCUT2D eigenvalue weighted by molar-refractivity contribution is -0.0947. The van der Waals surface area contributed by atoms with Crippen LogP contribution in [0.3, 0.4) is 0 Å². The molecule has 0 amide bonds. The first-order valence-corrected chi connectivity index (χ1v) is 12.6. The Kier molecular flexibility index (Phi) is 6.11. The minimum atomic E-state index is -0.893. The van der Waals surface area contributed by atoms with Crippen molar-refractivity contribution in [1.29, 1.82) is 0 Å². The van der Waals surface area contributed by atoms with Gasteiger partial charge in [0.1, 0.15) is 0 Å². The molecule has 1 aliphatic carbocycles. The van der Waals surface area contributed by atoms with Gasteiger partial charge < -0.3 is 15.2 Å². The van der Waals surface area contributed by atoms with E-state index in [1.165, 1.54) is 32.1 Å². The van der Waals surface area contributed by atoms with Gasteiger partial charge in [0.25, 0.3) is 0 Å². The molecule has 2 saturated heterocycles. The van der Waals surface area contributed by atoms with Crippen LogP contribution in [0.1, 0.15) is 64.2 Å². The average Bonchev–Trinajstić information content (AvgIpc) is 3.02. The van der Waals surface area contributed by atoms with Crippen LogP contribution in [-0.4, -0.2) is 70.2 Å². The molecule has 170 valence electrons. The van der Waals surface area contributed by atoms with E-state index in [0.717, 1.165) is 63.9 Å². The van der Waals surface area contributed by atoms with Crippen molar-refractivity contribution in [3.05, 3.63) is 36.0 Å². The van der Waals surface area contributed by atoms with E-state index in [1.807, 2.05) is 0 Å². The predicted molar refractivity (Wildman–Crippen MR) is 124 cm³/mol. The van der Waals surface area contributed by atoms with Crippen molar-refractivity contribution in [2.24, 2.45) is 16.5 Å². The van der Waals surface area contributed by atoms with Gasteiger partial charge in [0, 0.05) is 18.0 Å². The van der Waals surface area contributed by atoms with Crippen LogP contribution < -0.4 is 0 Å². The molecule has 0 aromatic rings. The molecular weight excluding hydrogens is 386 g/mol. The second kappa shape index (κ2) is 8.84. The summed E-state index contributed by atoms with van der Waals surface area (Å²) in [7, 11) is 0. The molecule has 4 aliphatic heterocycles. The number of fused-ring (bicyclic) bond motifs is 2. The first kappa shape index (κ1) is 21.4. The number of oxime groups is 1. The smallest absolute Gasteiger partial charge is 0.0997 e. The van der Waals surface area contributed by atoms with Crippen LogP contribution in [0.5, 0.6) is 0 Å². The standard InChI is InChI=1S/C26H39N3O2/c30-26-13-8-4-1-2-5-9-14-28-16-12-23(21(17-26)19-27-31)25(20-28)18-22-11-7-3-6-10-15-29(22)24(25)26/h1,4,7,11,17,19,22-24,30-31H,2-3,5-6,8-10,12-16,18,20H2. The Morgan fingerprint density at radius 2 is 1.81 bits per heavy atom. The number of hydrogen-bond acceptors (Lipinski definition) is 5. The van der Waals surface area contributed by atoms with Crippen LogP contribution in [-0.2, 0) is 0 Å². The highest BCUT2D eigenvalue weighted by molar-refractivity contribution is 5.80. The summed E-state index contributed by atoms with van der Waals surface area (Å²) >= 11 is 0. The molecular formula is C26H39N3O2. The van der Waals surface area contributed by atoms with Crippen molar-refractivity contribution < 1.29 is 10.3 Å². The zero-order valence-corrected chi connectivity index (χ0v) is 18.8. The summed E-state index contributed by atoms with van der Waals surface area (Å²) in [5.41, 5.74) is 0.171. The normalized spacial score (nSPS) is 43.8. The minimum absolute atomic E-state index is 0.00931. The van der Waals surface area contributed by atoms with Crippen LogP contribution >= 0.6 is 0 Å². The molecule has 0 aromatic heterocycles. The summed E-state index contributed by atoms with van der Waals surface area (Å²) in [4.78, 5) is 5.34. The SMILES string of the molecule is ON=CC1=CC2(O)CCC=CCCCCN3CCC1C1(CC4C=CCCCCN4C21)C3. The highest BCUT2D eigenvalue weighted by Crippen LogP contribution is 2.59. The zero-order valence-electron chi connectivity index (χ0n) is 18.8. The van der Waals surface area contributed by atoms with Gasteiger partial charge in [0.15, 0.2) is 0 Å². The van der Waals surface area contributed by atoms with Gasteiger partial charge in [-0.15, -0.1) is 0 Å². The van der Waals surface area contributed by atoms with E-state index < -0.39 is 5.60 Å². The fourth-order valence-corrected chi connectivity index (χ4v) is 7.61. The molecule has 31 heavy (non-hydrogen) atoms. The summed E-state index contributed by atoms with van der Waals surface area (Å²) < 4.78 is 0. The van der Waals surface area contributed by atoms with Gasteiger partial charge >= 0.3 is 0 Å². The zero-order chi connectivity index (χ0) is 21.3. The second-order valence-electron chi connectivity index (χ2n) is 10.6. The Morgan fingerprint density at radius 3 is 2.68 bits per heavy atom. The van der Waals surface area contributed by atoms with Crippen molar-refractivity contribution in [2.45, 2.75) is 81.9 Å². The summed E-state index contributed by atoms with van der Waals surface area (Å²) in [6.07, 6.45) is 24.2. The Balaban J connectivity index is 1.64. The van der Waals surface area contributed by atoms with Crippen LogP contribution in [0.15, 0.2) is 41.1 Å². The van der Waals surface area contributed by atoms with Crippen molar-refractivity contribution >= 4 is 6.21 Å².